The van der Waals surface area contributed by atoms with E-state index in [1.165, 1.54) is 24.5 Å². The number of likely N-dealkylation sites (tertiary alicyclic amines) is 1. The van der Waals surface area contributed by atoms with E-state index in [1.54, 1.807) is 24.5 Å². The molecule has 2 N–H and O–H groups in total. The lowest BCUT2D eigenvalue weighted by Crippen LogP contribution is -2.18. The zero-order chi connectivity index (χ0) is 24.8. The minimum absolute atomic E-state index is 0.265. The average Bonchev–Trinajstić information content (AvgIpc) is 3.68. The van der Waals surface area contributed by atoms with Gasteiger partial charge in [0.25, 0.3) is 0 Å². The largest absolute Gasteiger partial charge is 0.338 e. The van der Waals surface area contributed by atoms with Crippen LogP contribution in [0.15, 0.2) is 73.3 Å². The molecule has 0 spiro atoms. The molecule has 1 aliphatic rings. The summed E-state index contributed by atoms with van der Waals surface area (Å²) >= 11 is 0. The molecule has 8 heteroatoms. The van der Waals surface area contributed by atoms with Crippen LogP contribution in [0.2, 0.25) is 0 Å². The highest BCUT2D eigenvalue weighted by Gasteiger charge is 2.17. The number of hydrogen-bond acceptors (Lipinski definition) is 5. The van der Waals surface area contributed by atoms with E-state index in [0.717, 1.165) is 64.1 Å². The molecule has 182 valence electrons. The summed E-state index contributed by atoms with van der Waals surface area (Å²) in [6, 6.07) is 14.8. The van der Waals surface area contributed by atoms with Gasteiger partial charge in [-0.05, 0) is 67.4 Å². The molecule has 0 radical (unpaired) electrons. The van der Waals surface area contributed by atoms with Crippen LogP contribution in [-0.2, 0) is 6.54 Å². The van der Waals surface area contributed by atoms with Crippen LogP contribution >= 0.6 is 0 Å². The Kier molecular flexibility index (Phi) is 5.25. The van der Waals surface area contributed by atoms with Gasteiger partial charge >= 0.3 is 0 Å². The molecule has 7 rings (SSSR count). The first-order valence-electron chi connectivity index (χ1n) is 12.5. The average molecular weight is 490 g/mol. The predicted molar refractivity (Wildman–Crippen MR) is 142 cm³/mol. The van der Waals surface area contributed by atoms with Gasteiger partial charge in [-0.2, -0.15) is 5.10 Å². The Labute approximate surface area is 212 Å². The number of nitrogens with zero attached hydrogens (tertiary/aromatic N) is 5. The first-order valence-corrected chi connectivity index (χ1v) is 12.5. The molecule has 7 nitrogen and oxygen atoms in total. The highest BCUT2D eigenvalue weighted by Crippen LogP contribution is 2.34. The molecule has 1 aromatic carbocycles. The van der Waals surface area contributed by atoms with Crippen molar-refractivity contribution in [2.75, 3.05) is 13.1 Å². The number of nitrogens with one attached hydrogen (secondary N) is 2. The summed E-state index contributed by atoms with van der Waals surface area (Å²) in [4.78, 5) is 19.5. The van der Waals surface area contributed by atoms with Gasteiger partial charge in [-0.25, -0.2) is 9.37 Å². The van der Waals surface area contributed by atoms with Crippen LogP contribution in [0.3, 0.4) is 0 Å². The smallest absolute Gasteiger partial charge is 0.138 e. The lowest BCUT2D eigenvalue weighted by atomic mass is 10.0. The van der Waals surface area contributed by atoms with Crippen LogP contribution in [0.1, 0.15) is 18.4 Å². The number of fused-ring (bicyclic) bond motifs is 2. The molecule has 1 saturated heterocycles. The Morgan fingerprint density at radius 2 is 1.78 bits per heavy atom. The van der Waals surface area contributed by atoms with Crippen molar-refractivity contribution in [3.05, 3.63) is 84.7 Å². The SMILES string of the molecule is Fc1ccccc1-c1ccnc2[nH]c(-c3n[nH]c4cnc(-c5cncc(CN6CCCC6)c5)cc34)cc12. The lowest BCUT2D eigenvalue weighted by molar-refractivity contribution is 0.331. The van der Waals surface area contributed by atoms with Crippen molar-refractivity contribution in [2.24, 2.45) is 0 Å². The summed E-state index contributed by atoms with van der Waals surface area (Å²) in [5.41, 5.74) is 7.41. The summed E-state index contributed by atoms with van der Waals surface area (Å²) < 4.78 is 14.6. The Morgan fingerprint density at radius 1 is 0.892 bits per heavy atom. The highest BCUT2D eigenvalue weighted by molar-refractivity contribution is 6.00. The van der Waals surface area contributed by atoms with Crippen LogP contribution in [0.4, 0.5) is 4.39 Å². The number of H-pyrrole nitrogens is 2. The first kappa shape index (κ1) is 21.8. The fourth-order valence-corrected chi connectivity index (χ4v) is 5.26. The summed E-state index contributed by atoms with van der Waals surface area (Å²) in [5.74, 6) is -0.265. The molecule has 0 atom stereocenters. The predicted octanol–water partition coefficient (Wildman–Crippen LogP) is 5.97. The van der Waals surface area contributed by atoms with Crippen molar-refractivity contribution in [1.29, 1.82) is 0 Å². The van der Waals surface area contributed by atoms with Crippen molar-refractivity contribution in [1.82, 2.24) is 35.0 Å². The first-order chi connectivity index (χ1) is 18.2. The van der Waals surface area contributed by atoms with Gasteiger partial charge in [0, 0.05) is 47.0 Å². The minimum atomic E-state index is -0.265. The molecular weight excluding hydrogens is 465 g/mol. The maximum atomic E-state index is 14.6. The second-order valence-electron chi connectivity index (χ2n) is 9.54. The van der Waals surface area contributed by atoms with E-state index < -0.39 is 0 Å². The molecule has 1 fully saturated rings. The van der Waals surface area contributed by atoms with Gasteiger partial charge in [0.05, 0.1) is 23.1 Å². The van der Waals surface area contributed by atoms with Gasteiger partial charge in [0.2, 0.25) is 0 Å². The van der Waals surface area contributed by atoms with Gasteiger partial charge in [0.15, 0.2) is 0 Å². The van der Waals surface area contributed by atoms with Crippen molar-refractivity contribution in [3.63, 3.8) is 0 Å². The van der Waals surface area contributed by atoms with E-state index in [1.807, 2.05) is 36.7 Å². The molecule has 0 unspecified atom stereocenters. The summed E-state index contributed by atoms with van der Waals surface area (Å²) in [6.45, 7) is 3.20. The molecule has 0 amide bonds. The van der Waals surface area contributed by atoms with E-state index in [4.69, 9.17) is 0 Å². The fraction of sp³-hybridized carbons (Fsp3) is 0.172. The number of aromatic nitrogens is 6. The molecule has 0 aliphatic carbocycles. The van der Waals surface area contributed by atoms with Crippen LogP contribution < -0.4 is 0 Å². The summed E-state index contributed by atoms with van der Waals surface area (Å²) in [6.07, 6.45) is 9.82. The van der Waals surface area contributed by atoms with Crippen molar-refractivity contribution >= 4 is 21.9 Å². The molecule has 0 bridgehead atoms. The fourth-order valence-electron chi connectivity index (χ4n) is 5.26. The number of hydrogen-bond donors (Lipinski definition) is 2. The Bertz CT molecular complexity index is 1750. The van der Waals surface area contributed by atoms with Crippen LogP contribution in [-0.4, -0.2) is 48.1 Å². The maximum absolute atomic E-state index is 14.6. The Hall–Kier alpha value is -4.43. The van der Waals surface area contributed by atoms with E-state index >= 15 is 0 Å². The second kappa shape index (κ2) is 8.90. The molecular formula is C29H24FN7. The topological polar surface area (TPSA) is 86.4 Å². The number of rotatable bonds is 5. The van der Waals surface area contributed by atoms with Crippen LogP contribution in [0.25, 0.3) is 55.7 Å². The van der Waals surface area contributed by atoms with Gasteiger partial charge in [-0.1, -0.05) is 18.2 Å². The van der Waals surface area contributed by atoms with E-state index in [9.17, 15) is 4.39 Å². The zero-order valence-electron chi connectivity index (χ0n) is 20.1. The zero-order valence-corrected chi connectivity index (χ0v) is 20.1. The molecule has 0 saturated carbocycles. The van der Waals surface area contributed by atoms with Gasteiger partial charge < -0.3 is 4.98 Å². The third-order valence-electron chi connectivity index (χ3n) is 7.09. The highest BCUT2D eigenvalue weighted by atomic mass is 19.1. The number of benzene rings is 1. The van der Waals surface area contributed by atoms with Gasteiger partial charge in [0.1, 0.15) is 17.2 Å². The third-order valence-corrected chi connectivity index (χ3v) is 7.09. The molecule has 37 heavy (non-hydrogen) atoms. The van der Waals surface area contributed by atoms with Gasteiger partial charge in [-0.15, -0.1) is 0 Å². The number of halogens is 1. The molecule has 1 aliphatic heterocycles. The molecule has 6 aromatic rings. The molecule has 6 heterocycles. The summed E-state index contributed by atoms with van der Waals surface area (Å²) in [5, 5.41) is 9.45. The van der Waals surface area contributed by atoms with Crippen molar-refractivity contribution in [2.45, 2.75) is 19.4 Å². The van der Waals surface area contributed by atoms with E-state index in [0.29, 0.717) is 11.2 Å². The van der Waals surface area contributed by atoms with Crippen LogP contribution in [0.5, 0.6) is 0 Å². The van der Waals surface area contributed by atoms with E-state index in [-0.39, 0.29) is 5.82 Å². The third kappa shape index (κ3) is 3.95. The number of pyridine rings is 3. The normalized spacial score (nSPS) is 14.2. The van der Waals surface area contributed by atoms with Crippen molar-refractivity contribution < 1.29 is 4.39 Å². The monoisotopic (exact) mass is 489 g/mol. The lowest BCUT2D eigenvalue weighted by Gasteiger charge is -2.14. The summed E-state index contributed by atoms with van der Waals surface area (Å²) in [7, 11) is 0. The Balaban J connectivity index is 1.29. The van der Waals surface area contributed by atoms with Crippen LogP contribution in [0, 0.1) is 5.82 Å². The molecule has 5 aromatic heterocycles. The number of aromatic amines is 2. The standard InChI is InChI=1S/C29H24FN7/c30-24-6-2-1-5-21(24)20-7-8-32-29-22(20)12-26(34-29)28-23-13-25(33-16-27(23)35-36-28)19-11-18(14-31-15-19)17-37-9-3-4-10-37/h1-2,5-8,11-16H,3-4,9-10,17H2,(H,32,34)(H,35,36). The second-order valence-corrected chi connectivity index (χ2v) is 9.54. The van der Waals surface area contributed by atoms with E-state index in [2.05, 4.69) is 41.1 Å². The minimum Gasteiger partial charge on any atom is -0.338 e. The quantitative estimate of drug-likeness (QED) is 0.312. The van der Waals surface area contributed by atoms with Gasteiger partial charge in [-0.3, -0.25) is 20.0 Å². The van der Waals surface area contributed by atoms with Crippen molar-refractivity contribution in [3.8, 4) is 33.8 Å². The maximum Gasteiger partial charge on any atom is 0.138 e. The Morgan fingerprint density at radius 3 is 2.68 bits per heavy atom.